The summed E-state index contributed by atoms with van der Waals surface area (Å²) >= 11 is 0. The van der Waals surface area contributed by atoms with E-state index in [9.17, 15) is 18.0 Å². The minimum Gasteiger partial charge on any atom is -0.475 e. The molecule has 4 aromatic rings. The number of alkyl halides is 3. The van der Waals surface area contributed by atoms with Gasteiger partial charge in [0, 0.05) is 31.5 Å². The number of aromatic nitrogens is 4. The molecule has 2 aromatic carbocycles. The Kier molecular flexibility index (Phi) is 9.67. The first kappa shape index (κ1) is 29.9. The van der Waals surface area contributed by atoms with Gasteiger partial charge in [-0.15, -0.1) is 0 Å². The molecule has 2 aromatic heterocycles. The van der Waals surface area contributed by atoms with Crippen LogP contribution >= 0.6 is 0 Å². The lowest BCUT2D eigenvalue weighted by atomic mass is 10.1. The van der Waals surface area contributed by atoms with E-state index in [0.29, 0.717) is 12.4 Å². The summed E-state index contributed by atoms with van der Waals surface area (Å²) < 4.78 is 40.4. The number of methoxy groups -OCH3 is 1. The van der Waals surface area contributed by atoms with Crippen molar-refractivity contribution < 1.29 is 32.6 Å². The zero-order valence-corrected chi connectivity index (χ0v) is 22.2. The Labute approximate surface area is 228 Å². The Morgan fingerprint density at radius 3 is 2.38 bits per heavy atom. The molecule has 0 aliphatic rings. The van der Waals surface area contributed by atoms with Crippen LogP contribution in [0.2, 0.25) is 0 Å². The highest BCUT2D eigenvalue weighted by molar-refractivity contribution is 5.91. The van der Waals surface area contributed by atoms with Crippen molar-refractivity contribution in [2.24, 2.45) is 7.05 Å². The van der Waals surface area contributed by atoms with Crippen molar-refractivity contribution in [2.45, 2.75) is 32.7 Å². The molecule has 2 heterocycles. The van der Waals surface area contributed by atoms with Gasteiger partial charge in [-0.05, 0) is 37.1 Å². The van der Waals surface area contributed by atoms with Crippen molar-refractivity contribution in [3.63, 3.8) is 0 Å². The number of para-hydroxylation sites is 1. The Balaban J connectivity index is 0.000000559. The molecule has 0 fully saturated rings. The average Bonchev–Trinajstić information content (AvgIpc) is 3.47. The SMILES string of the molecule is COCc1cccc(C(C)NC(=O)Nc2c(C)c(-c3cnn(C)c3)nn2-c2ccccc2)c1.O=C(O)C(F)(F)F. The molecule has 40 heavy (non-hydrogen) atoms. The first-order chi connectivity index (χ1) is 18.9. The van der Waals surface area contributed by atoms with Gasteiger partial charge in [0.1, 0.15) is 11.5 Å². The quantitative estimate of drug-likeness (QED) is 0.285. The zero-order valence-electron chi connectivity index (χ0n) is 22.2. The van der Waals surface area contributed by atoms with E-state index >= 15 is 0 Å². The number of ether oxygens (including phenoxy) is 1. The molecule has 0 spiro atoms. The monoisotopic (exact) mass is 558 g/mol. The third kappa shape index (κ3) is 7.69. The van der Waals surface area contributed by atoms with Gasteiger partial charge in [0.2, 0.25) is 0 Å². The lowest BCUT2D eigenvalue weighted by molar-refractivity contribution is -0.192. The number of anilines is 1. The van der Waals surface area contributed by atoms with Gasteiger partial charge in [-0.2, -0.15) is 23.4 Å². The van der Waals surface area contributed by atoms with Crippen LogP contribution < -0.4 is 10.6 Å². The van der Waals surface area contributed by atoms with Crippen LogP contribution in [0.4, 0.5) is 23.8 Å². The van der Waals surface area contributed by atoms with E-state index in [4.69, 9.17) is 19.7 Å². The predicted octanol–water partition coefficient (Wildman–Crippen LogP) is 5.24. The van der Waals surface area contributed by atoms with Gasteiger partial charge in [0.15, 0.2) is 0 Å². The highest BCUT2D eigenvalue weighted by Gasteiger charge is 2.38. The fourth-order valence-corrected chi connectivity index (χ4v) is 3.76. The van der Waals surface area contributed by atoms with Gasteiger partial charge < -0.3 is 15.2 Å². The molecule has 2 amide bonds. The molecule has 212 valence electrons. The third-order valence-electron chi connectivity index (χ3n) is 5.69. The number of aryl methyl sites for hydroxylation is 1. The summed E-state index contributed by atoms with van der Waals surface area (Å²) in [6, 6.07) is 17.2. The largest absolute Gasteiger partial charge is 0.490 e. The number of carbonyl (C=O) groups excluding carboxylic acids is 1. The number of benzene rings is 2. The van der Waals surface area contributed by atoms with Crippen LogP contribution in [0.25, 0.3) is 16.9 Å². The molecule has 0 aliphatic heterocycles. The summed E-state index contributed by atoms with van der Waals surface area (Å²) in [4.78, 5) is 21.9. The first-order valence-corrected chi connectivity index (χ1v) is 12.0. The maximum Gasteiger partial charge on any atom is 0.490 e. The van der Waals surface area contributed by atoms with Gasteiger partial charge in [0.05, 0.1) is 24.5 Å². The summed E-state index contributed by atoms with van der Waals surface area (Å²) in [5.74, 6) is -2.15. The van der Waals surface area contributed by atoms with Crippen LogP contribution in [0, 0.1) is 6.92 Å². The summed E-state index contributed by atoms with van der Waals surface area (Å²) in [5, 5.41) is 22.2. The number of halogens is 3. The molecule has 10 nitrogen and oxygen atoms in total. The summed E-state index contributed by atoms with van der Waals surface area (Å²) in [7, 11) is 3.53. The Morgan fingerprint density at radius 1 is 1.12 bits per heavy atom. The molecule has 13 heteroatoms. The molecule has 0 saturated heterocycles. The number of aliphatic carboxylic acids is 1. The van der Waals surface area contributed by atoms with E-state index in [1.807, 2.05) is 81.7 Å². The molecule has 0 saturated carbocycles. The Morgan fingerprint density at radius 2 is 1.80 bits per heavy atom. The molecule has 0 radical (unpaired) electrons. The number of nitrogens with zero attached hydrogens (tertiary/aromatic N) is 4. The number of urea groups is 1. The summed E-state index contributed by atoms with van der Waals surface area (Å²) in [6.45, 7) is 4.43. The van der Waals surface area contributed by atoms with E-state index < -0.39 is 12.1 Å². The molecule has 0 aliphatic carbocycles. The summed E-state index contributed by atoms with van der Waals surface area (Å²) in [5.41, 5.74) is 5.43. The molecular formula is C27H29F3N6O4. The lowest BCUT2D eigenvalue weighted by Crippen LogP contribution is -2.32. The maximum absolute atomic E-state index is 13.0. The standard InChI is InChI=1S/C25H28N6O2.C2HF3O2/c1-17-23(21-14-26-30(3)15-21)29-31(22-11-6-5-7-12-22)24(17)28-25(32)27-18(2)20-10-8-9-19(13-20)16-33-4;3-2(4,5)1(6)7/h5-15,18H,16H2,1-4H3,(H2,27,28,32);(H,6,7). The molecule has 0 bridgehead atoms. The fourth-order valence-electron chi connectivity index (χ4n) is 3.76. The van der Waals surface area contributed by atoms with Crippen LogP contribution in [-0.4, -0.2) is 50.0 Å². The maximum atomic E-state index is 13.0. The van der Waals surface area contributed by atoms with Crippen LogP contribution in [0.3, 0.4) is 0 Å². The fraction of sp³-hybridized carbons (Fsp3) is 0.259. The molecule has 1 unspecified atom stereocenters. The topological polar surface area (TPSA) is 123 Å². The lowest BCUT2D eigenvalue weighted by Gasteiger charge is -2.17. The number of rotatable bonds is 7. The van der Waals surface area contributed by atoms with Gasteiger partial charge in [-0.25, -0.2) is 14.3 Å². The number of hydrogen-bond acceptors (Lipinski definition) is 5. The highest BCUT2D eigenvalue weighted by atomic mass is 19.4. The number of carbonyl (C=O) groups is 2. The van der Waals surface area contributed by atoms with Crippen molar-refractivity contribution in [1.29, 1.82) is 0 Å². The van der Waals surface area contributed by atoms with E-state index in [-0.39, 0.29) is 12.1 Å². The molecule has 1 atom stereocenters. The van der Waals surface area contributed by atoms with Crippen molar-refractivity contribution in [2.75, 3.05) is 12.4 Å². The zero-order chi connectivity index (χ0) is 29.4. The third-order valence-corrected chi connectivity index (χ3v) is 5.69. The molecular weight excluding hydrogens is 529 g/mol. The second-order valence-electron chi connectivity index (χ2n) is 8.77. The molecule has 3 N–H and O–H groups in total. The number of carboxylic acids is 1. The number of carboxylic acid groups (broad SMARTS) is 1. The van der Waals surface area contributed by atoms with Crippen LogP contribution in [0.1, 0.15) is 29.7 Å². The van der Waals surface area contributed by atoms with Crippen LogP contribution in [0.5, 0.6) is 0 Å². The Bertz CT molecular complexity index is 1450. The smallest absolute Gasteiger partial charge is 0.475 e. The minimum absolute atomic E-state index is 0.187. The first-order valence-electron chi connectivity index (χ1n) is 12.0. The molecule has 4 rings (SSSR count). The van der Waals surface area contributed by atoms with Crippen molar-refractivity contribution in [3.05, 3.63) is 83.7 Å². The second kappa shape index (κ2) is 12.9. The highest BCUT2D eigenvalue weighted by Crippen LogP contribution is 2.30. The Hall–Kier alpha value is -4.65. The van der Waals surface area contributed by atoms with Gasteiger partial charge in [0.25, 0.3) is 0 Å². The van der Waals surface area contributed by atoms with Crippen molar-refractivity contribution >= 4 is 17.8 Å². The summed E-state index contributed by atoms with van der Waals surface area (Å²) in [6.07, 6.45) is -1.41. The van der Waals surface area contributed by atoms with E-state index in [2.05, 4.69) is 15.7 Å². The van der Waals surface area contributed by atoms with Gasteiger partial charge >= 0.3 is 18.2 Å². The van der Waals surface area contributed by atoms with Crippen LogP contribution in [0.15, 0.2) is 67.0 Å². The van der Waals surface area contributed by atoms with Crippen LogP contribution in [-0.2, 0) is 23.2 Å². The number of amides is 2. The average molecular weight is 559 g/mol. The number of nitrogens with one attached hydrogen (secondary N) is 2. The minimum atomic E-state index is -5.08. The predicted molar refractivity (Wildman–Crippen MR) is 142 cm³/mol. The second-order valence-corrected chi connectivity index (χ2v) is 8.77. The van der Waals surface area contributed by atoms with Crippen molar-refractivity contribution in [3.8, 4) is 16.9 Å². The van der Waals surface area contributed by atoms with E-state index in [0.717, 1.165) is 33.6 Å². The van der Waals surface area contributed by atoms with Gasteiger partial charge in [-0.1, -0.05) is 42.5 Å². The van der Waals surface area contributed by atoms with Crippen molar-refractivity contribution in [1.82, 2.24) is 24.9 Å². The normalized spacial score (nSPS) is 11.8. The number of hydrogen-bond donors (Lipinski definition) is 3. The van der Waals surface area contributed by atoms with E-state index in [1.54, 1.807) is 22.7 Å². The van der Waals surface area contributed by atoms with E-state index in [1.165, 1.54) is 0 Å². The van der Waals surface area contributed by atoms with Gasteiger partial charge in [-0.3, -0.25) is 10.00 Å².